The van der Waals surface area contributed by atoms with Crippen molar-refractivity contribution in [1.29, 1.82) is 0 Å². The number of hydrogen-bond donors (Lipinski definition) is 2. The molecule has 6 heteroatoms. The number of halogens is 1. The smallest absolute Gasteiger partial charge is 0.224 e. The highest BCUT2D eigenvalue weighted by Gasteiger charge is 2.06. The van der Waals surface area contributed by atoms with Gasteiger partial charge in [-0.2, -0.15) is 4.98 Å². The summed E-state index contributed by atoms with van der Waals surface area (Å²) >= 11 is 7.52. The Bertz CT molecular complexity index is 498. The molecule has 0 saturated carbocycles. The summed E-state index contributed by atoms with van der Waals surface area (Å²) in [6, 6.07) is 4.15. The van der Waals surface area contributed by atoms with E-state index in [1.165, 1.54) is 4.88 Å². The molecule has 0 aromatic carbocycles. The van der Waals surface area contributed by atoms with Gasteiger partial charge in [0.2, 0.25) is 5.28 Å². The second-order valence-electron chi connectivity index (χ2n) is 3.60. The van der Waals surface area contributed by atoms with E-state index in [9.17, 15) is 0 Å². The van der Waals surface area contributed by atoms with Crippen LogP contribution in [0.2, 0.25) is 5.28 Å². The predicted molar refractivity (Wildman–Crippen MR) is 72.7 cm³/mol. The minimum Gasteiger partial charge on any atom is -0.394 e. The average molecular weight is 269 g/mol. The Morgan fingerprint density at radius 1 is 1.47 bits per heavy atom. The Hall–Kier alpha value is -1.33. The molecule has 2 heterocycles. The van der Waals surface area contributed by atoms with Crippen LogP contribution in [0.4, 0.5) is 11.5 Å². The topological polar surface area (TPSA) is 63.8 Å². The highest BCUT2D eigenvalue weighted by atomic mass is 35.5. The van der Waals surface area contributed by atoms with Crippen molar-refractivity contribution in [1.82, 2.24) is 9.97 Å². The molecule has 0 saturated heterocycles. The molecule has 90 valence electrons. The summed E-state index contributed by atoms with van der Waals surface area (Å²) < 4.78 is 0. The standard InChI is InChI=1S/C11H13ClN4S/c1-7-9(13)10(16-11(12)15-7)14-5-4-8-3-2-6-17-8/h2-3,6H,4-5,13H2,1H3,(H,14,15,16). The normalized spacial score (nSPS) is 10.5. The Balaban J connectivity index is 1.99. The number of hydrogen-bond acceptors (Lipinski definition) is 5. The van der Waals surface area contributed by atoms with Crippen LogP contribution in [-0.4, -0.2) is 16.5 Å². The van der Waals surface area contributed by atoms with E-state index in [2.05, 4.69) is 26.7 Å². The SMILES string of the molecule is Cc1nc(Cl)nc(NCCc2cccs2)c1N. The number of nitrogens with one attached hydrogen (secondary N) is 1. The molecule has 17 heavy (non-hydrogen) atoms. The van der Waals surface area contributed by atoms with Gasteiger partial charge in [0.05, 0.1) is 11.4 Å². The van der Waals surface area contributed by atoms with Gasteiger partial charge in [0, 0.05) is 11.4 Å². The Labute approximate surface area is 109 Å². The van der Waals surface area contributed by atoms with Crippen molar-refractivity contribution in [3.8, 4) is 0 Å². The lowest BCUT2D eigenvalue weighted by Gasteiger charge is -2.09. The maximum Gasteiger partial charge on any atom is 0.224 e. The zero-order valence-electron chi connectivity index (χ0n) is 9.40. The summed E-state index contributed by atoms with van der Waals surface area (Å²) in [7, 11) is 0. The van der Waals surface area contributed by atoms with Gasteiger partial charge in [0.25, 0.3) is 0 Å². The van der Waals surface area contributed by atoms with Crippen LogP contribution in [0, 0.1) is 6.92 Å². The minimum atomic E-state index is 0.218. The van der Waals surface area contributed by atoms with Crippen molar-refractivity contribution in [2.75, 3.05) is 17.6 Å². The van der Waals surface area contributed by atoms with Crippen LogP contribution < -0.4 is 11.1 Å². The van der Waals surface area contributed by atoms with Gasteiger partial charge in [-0.3, -0.25) is 0 Å². The molecule has 0 atom stereocenters. The van der Waals surface area contributed by atoms with E-state index in [-0.39, 0.29) is 5.28 Å². The van der Waals surface area contributed by atoms with Crippen LogP contribution in [0.5, 0.6) is 0 Å². The van der Waals surface area contributed by atoms with Gasteiger partial charge in [0.15, 0.2) is 5.82 Å². The van der Waals surface area contributed by atoms with Crippen LogP contribution in [0.1, 0.15) is 10.6 Å². The molecule has 0 unspecified atom stereocenters. The number of nitrogen functional groups attached to an aromatic ring is 1. The van der Waals surface area contributed by atoms with Gasteiger partial charge in [-0.1, -0.05) is 6.07 Å². The molecule has 0 aliphatic rings. The van der Waals surface area contributed by atoms with E-state index in [4.69, 9.17) is 17.3 Å². The number of anilines is 2. The number of aromatic nitrogens is 2. The molecular weight excluding hydrogens is 256 g/mol. The van der Waals surface area contributed by atoms with Gasteiger partial charge >= 0.3 is 0 Å². The molecule has 0 radical (unpaired) electrons. The molecule has 0 bridgehead atoms. The molecule has 2 aromatic rings. The van der Waals surface area contributed by atoms with Gasteiger partial charge in [-0.25, -0.2) is 4.98 Å². The Morgan fingerprint density at radius 3 is 3.00 bits per heavy atom. The van der Waals surface area contributed by atoms with Crippen LogP contribution >= 0.6 is 22.9 Å². The predicted octanol–water partition coefficient (Wildman–Crippen LogP) is 2.74. The lowest BCUT2D eigenvalue weighted by Crippen LogP contribution is -2.10. The number of nitrogens with zero attached hydrogens (tertiary/aromatic N) is 2. The third kappa shape index (κ3) is 3.08. The van der Waals surface area contributed by atoms with E-state index in [0.29, 0.717) is 17.2 Å². The van der Waals surface area contributed by atoms with Crippen molar-refractivity contribution in [2.45, 2.75) is 13.3 Å². The maximum atomic E-state index is 5.87. The summed E-state index contributed by atoms with van der Waals surface area (Å²) in [5, 5.41) is 5.46. The number of rotatable bonds is 4. The second-order valence-corrected chi connectivity index (χ2v) is 4.97. The van der Waals surface area contributed by atoms with Gasteiger partial charge in [0.1, 0.15) is 0 Å². The van der Waals surface area contributed by atoms with Gasteiger partial charge < -0.3 is 11.1 Å². The lowest BCUT2D eigenvalue weighted by molar-refractivity contribution is 1.01. The van der Waals surface area contributed by atoms with Crippen molar-refractivity contribution in [3.63, 3.8) is 0 Å². The molecule has 0 aliphatic heterocycles. The highest BCUT2D eigenvalue weighted by Crippen LogP contribution is 2.20. The first kappa shape index (κ1) is 12.1. The van der Waals surface area contributed by atoms with E-state index in [1.54, 1.807) is 11.3 Å². The van der Waals surface area contributed by atoms with Crippen molar-refractivity contribution in [3.05, 3.63) is 33.4 Å². The Morgan fingerprint density at radius 2 is 2.29 bits per heavy atom. The summed E-state index contributed by atoms with van der Waals surface area (Å²) in [5.41, 5.74) is 7.12. The fourth-order valence-corrected chi connectivity index (χ4v) is 2.36. The average Bonchev–Trinajstić information content (AvgIpc) is 2.78. The van der Waals surface area contributed by atoms with Gasteiger partial charge in [-0.15, -0.1) is 11.3 Å². The fraction of sp³-hybridized carbons (Fsp3) is 0.273. The first-order chi connectivity index (χ1) is 8.16. The highest BCUT2D eigenvalue weighted by molar-refractivity contribution is 7.09. The van der Waals surface area contributed by atoms with Crippen LogP contribution in [0.25, 0.3) is 0 Å². The van der Waals surface area contributed by atoms with Crippen LogP contribution in [0.15, 0.2) is 17.5 Å². The maximum absolute atomic E-state index is 5.87. The van der Waals surface area contributed by atoms with Gasteiger partial charge in [-0.05, 0) is 36.4 Å². The van der Waals surface area contributed by atoms with Crippen molar-refractivity contribution in [2.24, 2.45) is 0 Å². The van der Waals surface area contributed by atoms with E-state index in [1.807, 2.05) is 13.0 Å². The molecule has 0 aliphatic carbocycles. The summed E-state index contributed by atoms with van der Waals surface area (Å²) in [6.07, 6.45) is 0.942. The number of nitrogens with two attached hydrogens (primary N) is 1. The first-order valence-electron chi connectivity index (χ1n) is 5.22. The molecule has 0 spiro atoms. The largest absolute Gasteiger partial charge is 0.394 e. The Kier molecular flexibility index (Phi) is 3.81. The summed E-state index contributed by atoms with van der Waals surface area (Å²) in [6.45, 7) is 2.59. The molecule has 3 N–H and O–H groups in total. The zero-order valence-corrected chi connectivity index (χ0v) is 11.0. The van der Waals surface area contributed by atoms with Crippen molar-refractivity contribution >= 4 is 34.4 Å². The zero-order chi connectivity index (χ0) is 12.3. The van der Waals surface area contributed by atoms with E-state index >= 15 is 0 Å². The van der Waals surface area contributed by atoms with Crippen LogP contribution in [-0.2, 0) is 6.42 Å². The number of thiophene rings is 1. The monoisotopic (exact) mass is 268 g/mol. The molecule has 0 amide bonds. The molecule has 0 fully saturated rings. The molecular formula is C11H13ClN4S. The summed E-state index contributed by atoms with van der Waals surface area (Å²) in [4.78, 5) is 9.38. The molecule has 2 aromatic heterocycles. The van der Waals surface area contributed by atoms with Crippen molar-refractivity contribution < 1.29 is 0 Å². The molecule has 2 rings (SSSR count). The lowest BCUT2D eigenvalue weighted by atomic mass is 10.3. The second kappa shape index (κ2) is 5.33. The molecule has 4 nitrogen and oxygen atoms in total. The number of aryl methyl sites for hydroxylation is 1. The van der Waals surface area contributed by atoms with E-state index in [0.717, 1.165) is 13.0 Å². The third-order valence-electron chi connectivity index (χ3n) is 2.35. The fourth-order valence-electron chi connectivity index (χ4n) is 1.44. The first-order valence-corrected chi connectivity index (χ1v) is 6.48. The quantitative estimate of drug-likeness (QED) is 0.837. The third-order valence-corrected chi connectivity index (χ3v) is 3.46. The van der Waals surface area contributed by atoms with Crippen LogP contribution in [0.3, 0.4) is 0 Å². The van der Waals surface area contributed by atoms with E-state index < -0.39 is 0 Å². The summed E-state index contributed by atoms with van der Waals surface area (Å²) in [5.74, 6) is 0.610. The minimum absolute atomic E-state index is 0.218.